The molecule has 2 aromatic carbocycles. The molecule has 1 unspecified atom stereocenters. The van der Waals surface area contributed by atoms with Gasteiger partial charge in [0.05, 0.1) is 28.0 Å². The summed E-state index contributed by atoms with van der Waals surface area (Å²) in [6.07, 6.45) is 4.27. The molecule has 2 aliphatic heterocycles. The van der Waals surface area contributed by atoms with Gasteiger partial charge in [0.25, 0.3) is 0 Å². The molecule has 0 radical (unpaired) electrons. The first-order chi connectivity index (χ1) is 19.1. The number of hydrogen-bond acceptors (Lipinski definition) is 3. The fourth-order valence-corrected chi connectivity index (χ4v) is 5.40. The molecule has 5 aromatic rings. The van der Waals surface area contributed by atoms with Gasteiger partial charge in [-0.25, -0.2) is 0 Å². The Labute approximate surface area is 225 Å². The quantitative estimate of drug-likeness (QED) is 0.339. The summed E-state index contributed by atoms with van der Waals surface area (Å²) in [7, 11) is 4.10. The average Bonchev–Trinajstić information content (AvgIpc) is 3.77. The molecule has 6 nitrogen and oxygen atoms in total. The Kier molecular flexibility index (Phi) is 5.24. The van der Waals surface area contributed by atoms with Crippen molar-refractivity contribution in [3.63, 3.8) is 0 Å². The van der Waals surface area contributed by atoms with Gasteiger partial charge < -0.3 is 19.9 Å². The summed E-state index contributed by atoms with van der Waals surface area (Å²) >= 11 is 0. The number of aliphatic imine (C=N–C) groups is 1. The molecule has 0 saturated heterocycles. The fourth-order valence-electron chi connectivity index (χ4n) is 5.40. The number of nitrogens with zero attached hydrogens (tertiary/aromatic N) is 3. The third-order valence-electron chi connectivity index (χ3n) is 7.44. The number of anilines is 1. The molecule has 3 N–H and O–H groups in total. The van der Waals surface area contributed by atoms with Crippen LogP contribution in [0.1, 0.15) is 34.1 Å². The van der Waals surface area contributed by atoms with Gasteiger partial charge in [0.1, 0.15) is 6.04 Å². The Morgan fingerprint density at radius 1 is 0.692 bits per heavy atom. The highest BCUT2D eigenvalue weighted by Gasteiger charge is 2.21. The normalized spacial score (nSPS) is 19.3. The van der Waals surface area contributed by atoms with Crippen molar-refractivity contribution in [3.05, 3.63) is 147 Å². The number of aromatic nitrogens is 3. The molecule has 0 aliphatic carbocycles. The van der Waals surface area contributed by atoms with Gasteiger partial charge in [0, 0.05) is 53.0 Å². The van der Waals surface area contributed by atoms with Crippen LogP contribution in [0.4, 0.5) is 5.69 Å². The lowest BCUT2D eigenvalue weighted by Crippen LogP contribution is -2.15. The van der Waals surface area contributed by atoms with Crippen LogP contribution < -0.4 is 15.6 Å². The number of benzene rings is 2. The van der Waals surface area contributed by atoms with Crippen molar-refractivity contribution in [2.24, 2.45) is 4.99 Å². The van der Waals surface area contributed by atoms with E-state index in [2.05, 4.69) is 113 Å². The molecule has 0 fully saturated rings. The Balaban J connectivity index is 1.53. The number of aromatic amines is 3. The molecule has 3 aromatic heterocycles. The second-order valence-electron chi connectivity index (χ2n) is 10.1. The number of fused-ring (bicyclic) bond motifs is 8. The molecule has 0 spiro atoms. The maximum absolute atomic E-state index is 9.29. The zero-order valence-electron chi connectivity index (χ0n) is 21.7. The first-order valence-corrected chi connectivity index (χ1v) is 12.9. The van der Waals surface area contributed by atoms with Crippen LogP contribution in [0.15, 0.2) is 102 Å². The molecule has 8 bridgehead atoms. The first kappa shape index (κ1) is 22.9. The average molecular weight is 507 g/mol. The van der Waals surface area contributed by atoms with E-state index >= 15 is 0 Å². The van der Waals surface area contributed by atoms with Crippen molar-refractivity contribution in [2.75, 3.05) is 19.0 Å². The van der Waals surface area contributed by atoms with Crippen LogP contribution in [0, 0.1) is 22.0 Å². The van der Waals surface area contributed by atoms with E-state index in [-0.39, 0.29) is 6.04 Å². The predicted octanol–water partition coefficient (Wildman–Crippen LogP) is 4.41. The molecule has 5 heterocycles. The summed E-state index contributed by atoms with van der Waals surface area (Å²) in [5.74, 6) is 0. The molecule has 6 heteroatoms. The molecule has 1 atom stereocenters. The van der Waals surface area contributed by atoms with Crippen molar-refractivity contribution < 1.29 is 0 Å². The Hall–Kier alpha value is -5.28. The van der Waals surface area contributed by atoms with Gasteiger partial charge in [0.2, 0.25) is 0 Å². The lowest BCUT2D eigenvalue weighted by Gasteiger charge is -2.14. The topological polar surface area (TPSA) is 86.8 Å². The van der Waals surface area contributed by atoms with Crippen LogP contribution in [0.3, 0.4) is 0 Å². The van der Waals surface area contributed by atoms with Crippen LogP contribution in [0.5, 0.6) is 0 Å². The van der Waals surface area contributed by atoms with Gasteiger partial charge in [0.15, 0.2) is 0 Å². The second kappa shape index (κ2) is 8.93. The summed E-state index contributed by atoms with van der Waals surface area (Å²) in [5, 5.41) is 13.3. The number of nitriles is 1. The summed E-state index contributed by atoms with van der Waals surface area (Å²) in [6.45, 7) is 0. The number of hydrogen-bond donors (Lipinski definition) is 3. The summed E-state index contributed by atoms with van der Waals surface area (Å²) in [6, 6.07) is 31.1. The number of H-pyrrole nitrogens is 3. The van der Waals surface area contributed by atoms with Crippen LogP contribution in [-0.2, 0) is 0 Å². The Morgan fingerprint density at radius 2 is 1.31 bits per heavy atom. The van der Waals surface area contributed by atoms with Gasteiger partial charge in [-0.15, -0.1) is 0 Å². The second-order valence-corrected chi connectivity index (χ2v) is 10.1. The van der Waals surface area contributed by atoms with E-state index in [0.29, 0.717) is 5.56 Å². The largest absolute Gasteiger partial charge is 0.378 e. The molecule has 0 amide bonds. The van der Waals surface area contributed by atoms with E-state index in [1.54, 1.807) is 0 Å². The van der Waals surface area contributed by atoms with Crippen molar-refractivity contribution >= 4 is 22.5 Å². The van der Waals surface area contributed by atoms with Crippen LogP contribution in [0.25, 0.3) is 11.1 Å². The zero-order chi connectivity index (χ0) is 26.5. The Morgan fingerprint density at radius 3 is 1.97 bits per heavy atom. The van der Waals surface area contributed by atoms with E-state index in [1.807, 2.05) is 24.3 Å². The van der Waals surface area contributed by atoms with Gasteiger partial charge in [-0.3, -0.25) is 4.99 Å². The lowest BCUT2D eigenvalue weighted by atomic mass is 10.0. The summed E-state index contributed by atoms with van der Waals surface area (Å²) in [5.41, 5.74) is 9.02. The highest BCUT2D eigenvalue weighted by molar-refractivity contribution is 6.29. The van der Waals surface area contributed by atoms with Crippen LogP contribution in [0.2, 0.25) is 0 Å². The molecule has 39 heavy (non-hydrogen) atoms. The zero-order valence-corrected chi connectivity index (χ0v) is 21.7. The number of rotatable bonds is 3. The lowest BCUT2D eigenvalue weighted by molar-refractivity contribution is 0.890. The highest BCUT2D eigenvalue weighted by Crippen LogP contribution is 2.30. The van der Waals surface area contributed by atoms with E-state index in [0.717, 1.165) is 66.5 Å². The van der Waals surface area contributed by atoms with Gasteiger partial charge in [-0.05, 0) is 77.9 Å². The van der Waals surface area contributed by atoms with E-state index in [9.17, 15) is 5.26 Å². The summed E-state index contributed by atoms with van der Waals surface area (Å²) < 4.78 is 0. The van der Waals surface area contributed by atoms with E-state index < -0.39 is 0 Å². The SMILES string of the molecule is CN(C)c1ccc(/C2=c3\cc/c([nH]3)=c3\cc/c([nH]3)=C(\c3ccc(C#N)cc3)c3ccc([nH]3)C3C=CC2=N3)cc1. The maximum Gasteiger partial charge on any atom is 0.109 e. The number of nitrogens with one attached hydrogen (secondary N) is 3. The third-order valence-corrected chi connectivity index (χ3v) is 7.44. The molecular weight excluding hydrogens is 480 g/mol. The van der Waals surface area contributed by atoms with Gasteiger partial charge >= 0.3 is 0 Å². The maximum atomic E-state index is 9.29. The highest BCUT2D eigenvalue weighted by atomic mass is 15.1. The standard InChI is InChI=1S/C33H26N6/c1-39(2)23-9-7-22(8-10-23)33-30-17-13-26(37-30)24-11-15-28(35-24)32(21-5-3-20(19-34)4-6-21)29-16-12-25(36-29)27-14-18-31(33)38-27/h3-18,26,35-36,38H,1-2H3/b27-25-,32-29-,33-31-. The number of allylic oxidation sites excluding steroid dienone is 1. The van der Waals surface area contributed by atoms with Crippen molar-refractivity contribution in [3.8, 4) is 6.07 Å². The smallest absolute Gasteiger partial charge is 0.109 e. The minimum absolute atomic E-state index is 0.108. The van der Waals surface area contributed by atoms with Crippen LogP contribution >= 0.6 is 0 Å². The molecule has 2 aliphatic rings. The monoisotopic (exact) mass is 506 g/mol. The van der Waals surface area contributed by atoms with Crippen molar-refractivity contribution in [2.45, 2.75) is 6.04 Å². The Bertz CT molecular complexity index is 2040. The minimum Gasteiger partial charge on any atom is -0.378 e. The minimum atomic E-state index is -0.108. The van der Waals surface area contributed by atoms with Crippen molar-refractivity contribution in [1.82, 2.24) is 15.0 Å². The molecular formula is C33H26N6. The van der Waals surface area contributed by atoms with Crippen LogP contribution in [-0.4, -0.2) is 34.8 Å². The van der Waals surface area contributed by atoms with Gasteiger partial charge in [-0.1, -0.05) is 30.3 Å². The van der Waals surface area contributed by atoms with Gasteiger partial charge in [-0.2, -0.15) is 5.26 Å². The predicted molar refractivity (Wildman–Crippen MR) is 155 cm³/mol. The van der Waals surface area contributed by atoms with E-state index in [4.69, 9.17) is 4.99 Å². The van der Waals surface area contributed by atoms with Crippen molar-refractivity contribution in [1.29, 1.82) is 5.26 Å². The fraction of sp³-hybridized carbons (Fsp3) is 0.0909. The molecule has 188 valence electrons. The third kappa shape index (κ3) is 3.92. The molecule has 7 rings (SSSR count). The molecule has 0 saturated carbocycles. The first-order valence-electron chi connectivity index (χ1n) is 12.9. The van der Waals surface area contributed by atoms with E-state index in [1.165, 1.54) is 0 Å². The summed E-state index contributed by atoms with van der Waals surface area (Å²) in [4.78, 5) is 18.2.